The molecule has 4 rings (SSSR count). The molecule has 1 aromatic carbocycles. The molecule has 146 valence electrons. The summed E-state index contributed by atoms with van der Waals surface area (Å²) in [5, 5.41) is 1.02. The van der Waals surface area contributed by atoms with Crippen LogP contribution in [-0.4, -0.2) is 39.6 Å². The van der Waals surface area contributed by atoms with E-state index in [0.29, 0.717) is 37.7 Å². The zero-order chi connectivity index (χ0) is 18.3. The van der Waals surface area contributed by atoms with Gasteiger partial charge in [-0.1, -0.05) is 18.2 Å². The molecule has 0 bridgehead atoms. The predicted molar refractivity (Wildman–Crippen MR) is 110 cm³/mol. The molecule has 0 aliphatic carbocycles. The zero-order valence-corrected chi connectivity index (χ0v) is 17.5. The number of nitrogens with zero attached hydrogens (tertiary/aromatic N) is 3. The molecule has 1 saturated heterocycles. The number of fused-ring (bicyclic) bond motifs is 3. The third kappa shape index (κ3) is 3.80. The molecule has 1 unspecified atom stereocenters. The highest BCUT2D eigenvalue weighted by Gasteiger charge is 2.33. The van der Waals surface area contributed by atoms with Crippen molar-refractivity contribution in [2.24, 2.45) is 0 Å². The Labute approximate surface area is 168 Å². The number of imidazole rings is 1. The Morgan fingerprint density at radius 3 is 2.78 bits per heavy atom. The number of nitrogen functional groups attached to an aromatic ring is 1. The summed E-state index contributed by atoms with van der Waals surface area (Å²) >= 11 is 0. The molecular weight excluding hydrogens is 412 g/mol. The van der Waals surface area contributed by atoms with E-state index in [0.717, 1.165) is 22.2 Å². The van der Waals surface area contributed by atoms with Gasteiger partial charge in [0.2, 0.25) is 0 Å². The van der Waals surface area contributed by atoms with Crippen LogP contribution in [0.5, 0.6) is 0 Å². The standard InChI is InChI=1S/C19H24N4O3.BrH/c1-4-24-11-15-22-16-17(13-7-5-6-8-14(13)21-18(16)20)23(15)9-12-10-25-19(2,3)26-12;/h5-8,12H,4,9-11H2,1-3H3,(H2,20,21);1H. The van der Waals surface area contributed by atoms with Gasteiger partial charge in [0, 0.05) is 12.0 Å². The number of para-hydroxylation sites is 1. The van der Waals surface area contributed by atoms with Crippen molar-refractivity contribution in [3.05, 3.63) is 30.1 Å². The molecule has 1 fully saturated rings. The number of pyridine rings is 1. The lowest BCUT2D eigenvalue weighted by molar-refractivity contribution is -0.139. The number of halogens is 1. The Bertz CT molecular complexity index is 957. The van der Waals surface area contributed by atoms with E-state index in [1.54, 1.807) is 0 Å². The van der Waals surface area contributed by atoms with Gasteiger partial charge in [0.25, 0.3) is 0 Å². The maximum Gasteiger partial charge on any atom is 0.163 e. The SMILES string of the molecule is Br.CCOCc1nc2c(N)nc3ccccc3c2n1CC1COC(C)(C)O1. The number of anilines is 1. The monoisotopic (exact) mass is 436 g/mol. The molecule has 0 amide bonds. The molecule has 27 heavy (non-hydrogen) atoms. The fourth-order valence-electron chi connectivity index (χ4n) is 3.46. The fourth-order valence-corrected chi connectivity index (χ4v) is 3.46. The summed E-state index contributed by atoms with van der Waals surface area (Å²) < 4.78 is 19.5. The molecule has 3 aromatic rings. The maximum absolute atomic E-state index is 6.20. The lowest BCUT2D eigenvalue weighted by Crippen LogP contribution is -2.25. The van der Waals surface area contributed by atoms with Crippen LogP contribution in [-0.2, 0) is 27.4 Å². The molecule has 1 aliphatic rings. The molecular formula is C19H25BrN4O3. The van der Waals surface area contributed by atoms with E-state index in [2.05, 4.69) is 9.55 Å². The highest BCUT2D eigenvalue weighted by atomic mass is 79.9. The van der Waals surface area contributed by atoms with Crippen molar-refractivity contribution in [3.63, 3.8) is 0 Å². The van der Waals surface area contributed by atoms with E-state index in [1.807, 2.05) is 45.0 Å². The molecule has 1 atom stereocenters. The molecule has 2 aromatic heterocycles. The number of aromatic nitrogens is 3. The van der Waals surface area contributed by atoms with Gasteiger partial charge in [-0.2, -0.15) is 0 Å². The van der Waals surface area contributed by atoms with Crippen molar-refractivity contribution >= 4 is 44.7 Å². The number of hydrogen-bond acceptors (Lipinski definition) is 6. The van der Waals surface area contributed by atoms with E-state index < -0.39 is 5.79 Å². The van der Waals surface area contributed by atoms with Crippen LogP contribution in [0.15, 0.2) is 24.3 Å². The van der Waals surface area contributed by atoms with Crippen LogP contribution >= 0.6 is 17.0 Å². The number of nitrogens with two attached hydrogens (primary N) is 1. The van der Waals surface area contributed by atoms with Gasteiger partial charge < -0.3 is 24.5 Å². The number of benzene rings is 1. The normalized spacial score (nSPS) is 18.9. The third-order valence-electron chi connectivity index (χ3n) is 4.58. The van der Waals surface area contributed by atoms with E-state index in [9.17, 15) is 0 Å². The van der Waals surface area contributed by atoms with Gasteiger partial charge in [-0.25, -0.2) is 9.97 Å². The van der Waals surface area contributed by atoms with Crippen molar-refractivity contribution in [3.8, 4) is 0 Å². The van der Waals surface area contributed by atoms with Crippen LogP contribution in [0.2, 0.25) is 0 Å². The van der Waals surface area contributed by atoms with Crippen LogP contribution in [0.3, 0.4) is 0 Å². The molecule has 1 aliphatic heterocycles. The summed E-state index contributed by atoms with van der Waals surface area (Å²) in [4.78, 5) is 9.23. The Hall–Kier alpha value is -1.74. The minimum atomic E-state index is -0.566. The second kappa shape index (κ2) is 7.71. The van der Waals surface area contributed by atoms with Gasteiger partial charge in [-0.15, -0.1) is 17.0 Å². The van der Waals surface area contributed by atoms with Crippen LogP contribution in [0.1, 0.15) is 26.6 Å². The summed E-state index contributed by atoms with van der Waals surface area (Å²) in [6.45, 7) is 8.02. The molecule has 8 heteroatoms. The van der Waals surface area contributed by atoms with Gasteiger partial charge in [0.1, 0.15) is 24.1 Å². The highest BCUT2D eigenvalue weighted by Crippen LogP contribution is 2.31. The second-order valence-corrected chi connectivity index (χ2v) is 6.94. The highest BCUT2D eigenvalue weighted by molar-refractivity contribution is 8.93. The first-order valence-corrected chi connectivity index (χ1v) is 8.91. The van der Waals surface area contributed by atoms with Crippen molar-refractivity contribution in [1.29, 1.82) is 0 Å². The molecule has 0 saturated carbocycles. The Morgan fingerprint density at radius 2 is 2.07 bits per heavy atom. The minimum absolute atomic E-state index is 0. The first-order valence-electron chi connectivity index (χ1n) is 8.91. The minimum Gasteiger partial charge on any atom is -0.382 e. The average Bonchev–Trinajstić information content (AvgIpc) is 3.14. The predicted octanol–water partition coefficient (Wildman–Crippen LogP) is 3.43. The quantitative estimate of drug-likeness (QED) is 0.659. The summed E-state index contributed by atoms with van der Waals surface area (Å²) in [6, 6.07) is 7.96. The van der Waals surface area contributed by atoms with Crippen LogP contribution < -0.4 is 5.73 Å². The largest absolute Gasteiger partial charge is 0.382 e. The summed E-state index contributed by atoms with van der Waals surface area (Å²) in [5.41, 5.74) is 8.73. The zero-order valence-electron chi connectivity index (χ0n) is 15.8. The summed E-state index contributed by atoms with van der Waals surface area (Å²) in [6.07, 6.45) is -0.0593. The van der Waals surface area contributed by atoms with E-state index >= 15 is 0 Å². The van der Waals surface area contributed by atoms with Crippen molar-refractivity contribution in [2.45, 2.75) is 45.8 Å². The number of rotatable bonds is 5. The summed E-state index contributed by atoms with van der Waals surface area (Å²) in [5.74, 6) is 0.684. The molecule has 0 spiro atoms. The van der Waals surface area contributed by atoms with Crippen molar-refractivity contribution in [1.82, 2.24) is 14.5 Å². The Kier molecular flexibility index (Phi) is 5.71. The van der Waals surface area contributed by atoms with Crippen LogP contribution in [0.25, 0.3) is 21.9 Å². The maximum atomic E-state index is 6.20. The lowest BCUT2D eigenvalue weighted by Gasteiger charge is -2.18. The second-order valence-electron chi connectivity index (χ2n) is 6.94. The van der Waals surface area contributed by atoms with Crippen molar-refractivity contribution < 1.29 is 14.2 Å². The van der Waals surface area contributed by atoms with Gasteiger partial charge >= 0.3 is 0 Å². The average molecular weight is 437 g/mol. The first kappa shape index (κ1) is 20.0. The fraction of sp³-hybridized carbons (Fsp3) is 0.474. The smallest absolute Gasteiger partial charge is 0.163 e. The molecule has 7 nitrogen and oxygen atoms in total. The Morgan fingerprint density at radius 1 is 1.30 bits per heavy atom. The van der Waals surface area contributed by atoms with Crippen LogP contribution in [0.4, 0.5) is 5.82 Å². The topological polar surface area (TPSA) is 84.4 Å². The number of hydrogen-bond donors (Lipinski definition) is 1. The van der Waals surface area contributed by atoms with Crippen molar-refractivity contribution in [2.75, 3.05) is 18.9 Å². The van der Waals surface area contributed by atoms with Gasteiger partial charge in [0.05, 0.1) is 24.2 Å². The van der Waals surface area contributed by atoms with Crippen LogP contribution in [0, 0.1) is 0 Å². The Balaban J connectivity index is 0.00000210. The molecule has 2 N–H and O–H groups in total. The van der Waals surface area contributed by atoms with Gasteiger partial charge in [-0.05, 0) is 26.8 Å². The van der Waals surface area contributed by atoms with Gasteiger partial charge in [0.15, 0.2) is 11.6 Å². The third-order valence-corrected chi connectivity index (χ3v) is 4.58. The van der Waals surface area contributed by atoms with E-state index in [1.165, 1.54) is 0 Å². The molecule has 0 radical (unpaired) electrons. The van der Waals surface area contributed by atoms with Gasteiger partial charge in [-0.3, -0.25) is 0 Å². The number of ether oxygens (including phenoxy) is 3. The van der Waals surface area contributed by atoms with E-state index in [4.69, 9.17) is 24.9 Å². The summed E-state index contributed by atoms with van der Waals surface area (Å²) in [7, 11) is 0. The van der Waals surface area contributed by atoms with E-state index in [-0.39, 0.29) is 23.1 Å². The molecule has 3 heterocycles. The lowest BCUT2D eigenvalue weighted by atomic mass is 10.2. The first-order chi connectivity index (χ1) is 12.5.